The molecule has 2 aromatic heterocycles. The fourth-order valence-electron chi connectivity index (χ4n) is 3.28. The van der Waals surface area contributed by atoms with Crippen LogP contribution in [0.1, 0.15) is 32.6 Å². The van der Waals surface area contributed by atoms with Crippen LogP contribution in [0.25, 0.3) is 5.13 Å². The molecule has 0 N–H and O–H groups in total. The van der Waals surface area contributed by atoms with Crippen molar-refractivity contribution in [1.82, 2.24) is 14.5 Å². The van der Waals surface area contributed by atoms with Gasteiger partial charge < -0.3 is 9.47 Å². The van der Waals surface area contributed by atoms with Crippen LogP contribution in [0.4, 0.5) is 8.78 Å². The first kappa shape index (κ1) is 19.1. The van der Waals surface area contributed by atoms with E-state index in [0.29, 0.717) is 41.4 Å². The van der Waals surface area contributed by atoms with E-state index in [1.54, 1.807) is 16.7 Å². The Bertz CT molecular complexity index is 988. The highest BCUT2D eigenvalue weighted by atomic mass is 32.2. The molecule has 0 spiro atoms. The van der Waals surface area contributed by atoms with Gasteiger partial charge in [-0.05, 0) is 43.7 Å². The second-order valence-electron chi connectivity index (χ2n) is 6.61. The fourth-order valence-corrected chi connectivity index (χ4v) is 5.52. The number of nitrogens with zero attached hydrogens (tertiary/aromatic N) is 3. The summed E-state index contributed by atoms with van der Waals surface area (Å²) in [4.78, 5) is 20.0. The first-order valence-electron chi connectivity index (χ1n) is 8.99. The summed E-state index contributed by atoms with van der Waals surface area (Å²) in [7, 11) is 0. The van der Waals surface area contributed by atoms with Crippen molar-refractivity contribution in [1.29, 1.82) is 0 Å². The first-order valence-corrected chi connectivity index (χ1v) is 10.9. The van der Waals surface area contributed by atoms with Gasteiger partial charge in [0.1, 0.15) is 16.5 Å². The summed E-state index contributed by atoms with van der Waals surface area (Å²) >= 11 is 2.94. The maximum absolute atomic E-state index is 14.1. The highest BCUT2D eigenvalue weighted by Gasteiger charge is 2.27. The van der Waals surface area contributed by atoms with Crippen LogP contribution in [-0.2, 0) is 0 Å². The van der Waals surface area contributed by atoms with Gasteiger partial charge in [-0.15, -0.1) is 0 Å². The van der Waals surface area contributed by atoms with E-state index in [0.717, 1.165) is 11.2 Å². The lowest BCUT2D eigenvalue weighted by Gasteiger charge is -2.20. The van der Waals surface area contributed by atoms with Crippen molar-refractivity contribution in [2.24, 2.45) is 0 Å². The number of carbonyl (C=O) groups excluding carboxylic acids is 1. The van der Waals surface area contributed by atoms with Gasteiger partial charge in [0.2, 0.25) is 0 Å². The molecule has 146 valence electrons. The minimum absolute atomic E-state index is 0.0469. The molecule has 1 fully saturated rings. The summed E-state index contributed by atoms with van der Waals surface area (Å²) < 4.78 is 29.6. The zero-order valence-corrected chi connectivity index (χ0v) is 16.9. The van der Waals surface area contributed by atoms with E-state index in [-0.39, 0.29) is 11.2 Å². The van der Waals surface area contributed by atoms with Gasteiger partial charge in [-0.3, -0.25) is 4.79 Å². The van der Waals surface area contributed by atoms with Gasteiger partial charge in [0.05, 0.1) is 5.69 Å². The molecule has 4 nitrogen and oxygen atoms in total. The molecule has 1 aromatic carbocycles. The van der Waals surface area contributed by atoms with Crippen molar-refractivity contribution >= 4 is 29.0 Å². The van der Waals surface area contributed by atoms with Gasteiger partial charge in [-0.2, -0.15) is 11.8 Å². The minimum Gasteiger partial charge on any atom is -0.337 e. The molecular formula is C20H19F2N3OS2. The number of hydrogen-bond acceptors (Lipinski definition) is 4. The van der Waals surface area contributed by atoms with E-state index in [4.69, 9.17) is 0 Å². The predicted octanol–water partition coefficient (Wildman–Crippen LogP) is 4.84. The van der Waals surface area contributed by atoms with Gasteiger partial charge in [0.25, 0.3) is 5.91 Å². The Morgan fingerprint density at radius 2 is 2.00 bits per heavy atom. The van der Waals surface area contributed by atoms with Crippen LogP contribution in [0.3, 0.4) is 0 Å². The Hall–Kier alpha value is -2.19. The van der Waals surface area contributed by atoms with Crippen molar-refractivity contribution in [3.05, 3.63) is 70.5 Å². The minimum atomic E-state index is -0.438. The largest absolute Gasteiger partial charge is 0.337 e. The standard InChI is InChI=1S/C20H19F2N3OS2/c1-13-18(28-20(23-13)25-7-2-3-8-25)19(26)24-9-6-17(27-11-10-24)15-12-14(21)4-5-16(15)22/h2-5,7-8,12,17H,6,9-11H2,1H3. The van der Waals surface area contributed by atoms with Crippen molar-refractivity contribution in [2.45, 2.75) is 18.6 Å². The molecule has 1 unspecified atom stereocenters. The zero-order chi connectivity index (χ0) is 19.7. The van der Waals surface area contributed by atoms with Crippen molar-refractivity contribution < 1.29 is 13.6 Å². The van der Waals surface area contributed by atoms with Gasteiger partial charge >= 0.3 is 0 Å². The molecule has 0 bridgehead atoms. The van der Waals surface area contributed by atoms with Crippen LogP contribution >= 0.6 is 23.1 Å². The predicted molar refractivity (Wildman–Crippen MR) is 108 cm³/mol. The number of aromatic nitrogens is 2. The maximum Gasteiger partial charge on any atom is 0.265 e. The van der Waals surface area contributed by atoms with Crippen molar-refractivity contribution in [2.75, 3.05) is 18.8 Å². The van der Waals surface area contributed by atoms with Gasteiger partial charge in [0.15, 0.2) is 5.13 Å². The molecule has 4 rings (SSSR count). The average molecular weight is 420 g/mol. The van der Waals surface area contributed by atoms with Gasteiger partial charge in [-0.1, -0.05) is 11.3 Å². The highest BCUT2D eigenvalue weighted by molar-refractivity contribution is 7.99. The van der Waals surface area contributed by atoms with Crippen molar-refractivity contribution in [3.63, 3.8) is 0 Å². The monoisotopic (exact) mass is 419 g/mol. The summed E-state index contributed by atoms with van der Waals surface area (Å²) in [5.74, 6) is -0.205. The summed E-state index contributed by atoms with van der Waals surface area (Å²) in [6, 6.07) is 7.39. The van der Waals surface area contributed by atoms with Crippen LogP contribution < -0.4 is 0 Å². The summed E-state index contributed by atoms with van der Waals surface area (Å²) in [6.45, 7) is 2.92. The molecule has 1 aliphatic rings. The van der Waals surface area contributed by atoms with E-state index in [2.05, 4.69) is 4.98 Å². The quantitative estimate of drug-likeness (QED) is 0.610. The lowest BCUT2D eigenvalue weighted by atomic mass is 10.1. The van der Waals surface area contributed by atoms with E-state index in [9.17, 15) is 13.6 Å². The second kappa shape index (κ2) is 8.05. The molecule has 0 aliphatic carbocycles. The van der Waals surface area contributed by atoms with Crippen LogP contribution in [0.15, 0.2) is 42.7 Å². The van der Waals surface area contributed by atoms with Crippen molar-refractivity contribution in [3.8, 4) is 5.13 Å². The third-order valence-electron chi connectivity index (χ3n) is 4.74. The molecule has 1 amide bonds. The van der Waals surface area contributed by atoms with Crippen LogP contribution in [0.5, 0.6) is 0 Å². The topological polar surface area (TPSA) is 38.1 Å². The SMILES string of the molecule is Cc1nc(-n2cccc2)sc1C(=O)N1CCSC(c2cc(F)ccc2F)CC1. The average Bonchev–Trinajstić information content (AvgIpc) is 3.27. The summed E-state index contributed by atoms with van der Waals surface area (Å²) in [6.07, 6.45) is 4.37. The highest BCUT2D eigenvalue weighted by Crippen LogP contribution is 2.36. The lowest BCUT2D eigenvalue weighted by molar-refractivity contribution is 0.0770. The Balaban J connectivity index is 1.50. The van der Waals surface area contributed by atoms with Crippen LogP contribution in [-0.4, -0.2) is 39.2 Å². The maximum atomic E-state index is 14.1. The normalized spacial score (nSPS) is 17.5. The first-order chi connectivity index (χ1) is 13.5. The Morgan fingerprint density at radius 1 is 1.21 bits per heavy atom. The van der Waals surface area contributed by atoms with E-state index < -0.39 is 11.6 Å². The number of thioether (sulfide) groups is 1. The molecule has 28 heavy (non-hydrogen) atoms. The molecule has 8 heteroatoms. The van der Waals surface area contributed by atoms with Crippen LogP contribution in [0.2, 0.25) is 0 Å². The molecule has 3 heterocycles. The fraction of sp³-hybridized carbons (Fsp3) is 0.300. The van der Waals surface area contributed by atoms with Crippen LogP contribution in [0, 0.1) is 18.6 Å². The van der Waals surface area contributed by atoms with Gasteiger partial charge in [-0.25, -0.2) is 13.8 Å². The molecule has 0 saturated carbocycles. The second-order valence-corrected chi connectivity index (χ2v) is 8.90. The zero-order valence-electron chi connectivity index (χ0n) is 15.3. The Labute approximate surface area is 170 Å². The summed E-state index contributed by atoms with van der Waals surface area (Å²) in [5, 5.41) is 0.598. The number of carbonyl (C=O) groups is 1. The number of thiazole rings is 1. The number of rotatable bonds is 3. The Kier molecular flexibility index (Phi) is 5.50. The third kappa shape index (κ3) is 3.84. The van der Waals surface area contributed by atoms with E-state index >= 15 is 0 Å². The summed E-state index contributed by atoms with van der Waals surface area (Å²) in [5.41, 5.74) is 1.09. The van der Waals surface area contributed by atoms with Gasteiger partial charge in [0, 0.05) is 42.0 Å². The molecule has 1 aliphatic heterocycles. The molecule has 1 atom stereocenters. The number of benzene rings is 1. The number of hydrogen-bond donors (Lipinski definition) is 0. The molecule has 0 radical (unpaired) electrons. The molecule has 3 aromatic rings. The third-order valence-corrected chi connectivity index (χ3v) is 7.21. The van der Waals surface area contributed by atoms with E-state index in [1.807, 2.05) is 36.0 Å². The number of amides is 1. The smallest absolute Gasteiger partial charge is 0.265 e. The number of halogens is 2. The molecule has 1 saturated heterocycles. The van der Waals surface area contributed by atoms with E-state index in [1.165, 1.54) is 23.5 Å². The number of aryl methyl sites for hydroxylation is 1. The Morgan fingerprint density at radius 3 is 2.79 bits per heavy atom. The lowest BCUT2D eigenvalue weighted by Crippen LogP contribution is -2.32. The molecular weight excluding hydrogens is 400 g/mol.